The first-order valence-electron chi connectivity index (χ1n) is 7.40. The number of nitrogens with zero attached hydrogens (tertiary/aromatic N) is 1. The van der Waals surface area contributed by atoms with Gasteiger partial charge >= 0.3 is 5.97 Å². The molecule has 1 aliphatic heterocycles. The zero-order chi connectivity index (χ0) is 15.9. The molecule has 1 unspecified atom stereocenters. The van der Waals surface area contributed by atoms with Gasteiger partial charge < -0.3 is 20.6 Å². The summed E-state index contributed by atoms with van der Waals surface area (Å²) in [7, 11) is 0. The Morgan fingerprint density at radius 2 is 1.86 bits per heavy atom. The van der Waals surface area contributed by atoms with Crippen molar-refractivity contribution in [2.24, 2.45) is 0 Å². The van der Waals surface area contributed by atoms with Gasteiger partial charge in [0.25, 0.3) is 0 Å². The second-order valence-electron chi connectivity index (χ2n) is 5.22. The van der Waals surface area contributed by atoms with E-state index in [1.807, 2.05) is 12.1 Å². The molecule has 122 valence electrons. The minimum absolute atomic E-state index is 0.0825. The average molecular weight is 346 g/mol. The van der Waals surface area contributed by atoms with Gasteiger partial charge in [-0.15, -0.1) is 23.2 Å². The predicted molar refractivity (Wildman–Crippen MR) is 92.6 cm³/mol. The molecule has 1 aromatic rings. The number of fused-ring (bicyclic) bond motifs is 1. The van der Waals surface area contributed by atoms with E-state index in [0.29, 0.717) is 18.2 Å². The van der Waals surface area contributed by atoms with E-state index in [0.717, 1.165) is 36.6 Å². The van der Waals surface area contributed by atoms with E-state index in [9.17, 15) is 4.79 Å². The monoisotopic (exact) mass is 345 g/mol. The fourth-order valence-corrected chi connectivity index (χ4v) is 2.97. The van der Waals surface area contributed by atoms with Crippen LogP contribution in [0.15, 0.2) is 18.2 Å². The Hall–Kier alpha value is -1.33. The van der Waals surface area contributed by atoms with Crippen molar-refractivity contribution in [2.45, 2.75) is 25.4 Å². The lowest BCUT2D eigenvalue weighted by atomic mass is 10.2. The highest BCUT2D eigenvalue weighted by Crippen LogP contribution is 2.34. The molecular weight excluding hydrogens is 325 g/mol. The molecular formula is C15H21Cl2N3O2. The zero-order valence-electron chi connectivity index (χ0n) is 12.3. The van der Waals surface area contributed by atoms with E-state index in [-0.39, 0.29) is 12.6 Å². The molecule has 0 bridgehead atoms. The molecule has 3 N–H and O–H groups in total. The van der Waals surface area contributed by atoms with E-state index in [1.54, 1.807) is 0 Å². The summed E-state index contributed by atoms with van der Waals surface area (Å²) >= 11 is 11.7. The summed E-state index contributed by atoms with van der Waals surface area (Å²) in [5.74, 6) is 0.352. The number of carbonyl (C=O) groups is 1. The number of benzene rings is 1. The van der Waals surface area contributed by atoms with Crippen LogP contribution < -0.4 is 15.5 Å². The number of carboxylic acids is 1. The van der Waals surface area contributed by atoms with Crippen molar-refractivity contribution >= 4 is 46.2 Å². The number of hydrogen-bond acceptors (Lipinski definition) is 4. The number of carboxylic acid groups (broad SMARTS) is 1. The summed E-state index contributed by atoms with van der Waals surface area (Å²) < 4.78 is 0. The Balaban J connectivity index is 1.97. The fraction of sp³-hybridized carbons (Fsp3) is 0.533. The number of anilines is 3. The van der Waals surface area contributed by atoms with Crippen molar-refractivity contribution in [1.29, 1.82) is 0 Å². The topological polar surface area (TPSA) is 64.6 Å². The van der Waals surface area contributed by atoms with Crippen LogP contribution in [0.1, 0.15) is 19.3 Å². The molecule has 22 heavy (non-hydrogen) atoms. The molecule has 1 atom stereocenters. The number of aliphatic carboxylic acids is 1. The maximum Gasteiger partial charge on any atom is 0.303 e. The molecule has 0 fully saturated rings. The molecule has 0 radical (unpaired) electrons. The van der Waals surface area contributed by atoms with Crippen LogP contribution in [0.2, 0.25) is 0 Å². The molecule has 0 amide bonds. The maximum atomic E-state index is 10.6. The second-order valence-corrected chi connectivity index (χ2v) is 5.98. The van der Waals surface area contributed by atoms with Crippen LogP contribution >= 0.6 is 23.2 Å². The molecule has 0 saturated carbocycles. The lowest BCUT2D eigenvalue weighted by molar-refractivity contribution is -0.137. The first-order valence-corrected chi connectivity index (χ1v) is 8.46. The number of halogens is 2. The quantitative estimate of drug-likeness (QED) is 0.598. The van der Waals surface area contributed by atoms with Crippen LogP contribution in [0.4, 0.5) is 17.1 Å². The average Bonchev–Trinajstić information content (AvgIpc) is 2.88. The number of nitrogens with one attached hydrogen (secondary N) is 2. The SMILES string of the molecule is O=C(O)CCCC1Nc2ccc(N(CCCl)CCCl)cc2N1. The standard InChI is InChI=1S/C15H21Cl2N3O2/c16-6-8-20(9-7-17)11-4-5-12-13(10-11)19-14(18-12)2-1-3-15(21)22/h4-5,10,14,18-19H,1-3,6-9H2,(H,21,22). The van der Waals surface area contributed by atoms with Crippen LogP contribution in [-0.2, 0) is 4.79 Å². The van der Waals surface area contributed by atoms with Crippen LogP contribution in [0.25, 0.3) is 0 Å². The van der Waals surface area contributed by atoms with Crippen LogP contribution in [-0.4, -0.2) is 42.1 Å². The van der Waals surface area contributed by atoms with Crippen molar-refractivity contribution in [3.05, 3.63) is 18.2 Å². The van der Waals surface area contributed by atoms with E-state index >= 15 is 0 Å². The van der Waals surface area contributed by atoms with Gasteiger partial charge in [-0.2, -0.15) is 0 Å². The highest BCUT2D eigenvalue weighted by molar-refractivity contribution is 6.18. The van der Waals surface area contributed by atoms with Gasteiger partial charge in [-0.25, -0.2) is 0 Å². The highest BCUT2D eigenvalue weighted by Gasteiger charge is 2.20. The first kappa shape index (κ1) is 17.0. The summed E-state index contributed by atoms with van der Waals surface area (Å²) in [5, 5.41) is 15.4. The van der Waals surface area contributed by atoms with Crippen molar-refractivity contribution in [2.75, 3.05) is 40.4 Å². The molecule has 1 heterocycles. The third-order valence-corrected chi connectivity index (χ3v) is 3.96. The van der Waals surface area contributed by atoms with E-state index in [4.69, 9.17) is 28.3 Å². The van der Waals surface area contributed by atoms with Crippen molar-refractivity contribution in [3.63, 3.8) is 0 Å². The molecule has 2 rings (SSSR count). The van der Waals surface area contributed by atoms with Gasteiger partial charge in [0.1, 0.15) is 0 Å². The van der Waals surface area contributed by atoms with Gasteiger partial charge in [-0.05, 0) is 31.0 Å². The van der Waals surface area contributed by atoms with E-state index in [1.165, 1.54) is 0 Å². The Bertz CT molecular complexity index is 508. The number of rotatable bonds is 9. The van der Waals surface area contributed by atoms with Gasteiger partial charge in [0.05, 0.1) is 17.5 Å². The Morgan fingerprint density at radius 1 is 1.18 bits per heavy atom. The Morgan fingerprint density at radius 3 is 2.50 bits per heavy atom. The van der Waals surface area contributed by atoms with Crippen molar-refractivity contribution in [1.82, 2.24) is 0 Å². The fourth-order valence-electron chi connectivity index (χ4n) is 2.56. The lowest BCUT2D eigenvalue weighted by Gasteiger charge is -2.23. The summed E-state index contributed by atoms with van der Waals surface area (Å²) in [4.78, 5) is 12.7. The minimum atomic E-state index is -0.754. The lowest BCUT2D eigenvalue weighted by Crippen LogP contribution is -2.27. The predicted octanol–water partition coefficient (Wildman–Crippen LogP) is 3.39. The number of alkyl halides is 2. The highest BCUT2D eigenvalue weighted by atomic mass is 35.5. The van der Waals surface area contributed by atoms with E-state index < -0.39 is 5.97 Å². The van der Waals surface area contributed by atoms with Gasteiger partial charge in [0.15, 0.2) is 0 Å². The molecule has 0 aromatic heterocycles. The molecule has 1 aliphatic rings. The van der Waals surface area contributed by atoms with Gasteiger partial charge in [0.2, 0.25) is 0 Å². The molecule has 1 aromatic carbocycles. The smallest absolute Gasteiger partial charge is 0.303 e. The summed E-state index contributed by atoms with van der Waals surface area (Å²) in [6.45, 7) is 1.51. The van der Waals surface area contributed by atoms with Gasteiger partial charge in [0, 0.05) is 37.0 Å². The molecule has 5 nitrogen and oxygen atoms in total. The normalized spacial score (nSPS) is 15.8. The largest absolute Gasteiger partial charge is 0.481 e. The summed E-state index contributed by atoms with van der Waals surface area (Å²) in [5.41, 5.74) is 3.16. The van der Waals surface area contributed by atoms with Crippen molar-refractivity contribution in [3.8, 4) is 0 Å². The third-order valence-electron chi connectivity index (χ3n) is 3.62. The summed E-state index contributed by atoms with van der Waals surface area (Å²) in [6, 6.07) is 6.16. The van der Waals surface area contributed by atoms with Gasteiger partial charge in [-0.3, -0.25) is 4.79 Å². The van der Waals surface area contributed by atoms with Crippen molar-refractivity contribution < 1.29 is 9.90 Å². The van der Waals surface area contributed by atoms with E-state index in [2.05, 4.69) is 21.6 Å². The van der Waals surface area contributed by atoms with Crippen LogP contribution in [0.3, 0.4) is 0 Å². The van der Waals surface area contributed by atoms with Crippen LogP contribution in [0, 0.1) is 0 Å². The van der Waals surface area contributed by atoms with Crippen LogP contribution in [0.5, 0.6) is 0 Å². The van der Waals surface area contributed by atoms with Gasteiger partial charge in [-0.1, -0.05) is 0 Å². The summed E-state index contributed by atoms with van der Waals surface area (Å²) in [6.07, 6.45) is 1.69. The Kier molecular flexibility index (Phi) is 6.46. The molecule has 0 aliphatic carbocycles. The number of hydrogen-bond donors (Lipinski definition) is 3. The maximum absolute atomic E-state index is 10.6. The minimum Gasteiger partial charge on any atom is -0.481 e. The Labute approximate surface area is 140 Å². The molecule has 0 saturated heterocycles. The third kappa shape index (κ3) is 4.58. The second kappa shape index (κ2) is 8.34. The molecule has 0 spiro atoms. The zero-order valence-corrected chi connectivity index (χ0v) is 13.8. The molecule has 7 heteroatoms. The first-order chi connectivity index (χ1) is 10.6.